The van der Waals surface area contributed by atoms with Gasteiger partial charge in [0, 0.05) is 12.1 Å². The van der Waals surface area contributed by atoms with Gasteiger partial charge in [-0.05, 0) is 19.4 Å². The SMILES string of the molecule is CCC(CC)CN(CC)C(C)C(=O)c1ccccc1. The number of benzene rings is 1. The third-order valence-electron chi connectivity index (χ3n) is 4.04. The average molecular weight is 261 g/mol. The van der Waals surface area contributed by atoms with Crippen LogP contribution in [0.25, 0.3) is 0 Å². The van der Waals surface area contributed by atoms with Crippen LogP contribution in [0.15, 0.2) is 30.3 Å². The first-order valence-electron chi connectivity index (χ1n) is 7.47. The molecular formula is C17H27NO. The standard InChI is InChI=1S/C17H27NO/c1-5-15(6-2)13-18(7-3)14(4)17(19)16-11-9-8-10-12-16/h8-12,14-15H,5-7,13H2,1-4H3. The molecule has 1 aromatic rings. The average Bonchev–Trinajstić information content (AvgIpc) is 2.48. The van der Waals surface area contributed by atoms with Crippen molar-refractivity contribution in [2.24, 2.45) is 5.92 Å². The maximum absolute atomic E-state index is 12.5. The minimum Gasteiger partial charge on any atom is -0.294 e. The summed E-state index contributed by atoms with van der Waals surface area (Å²) in [5, 5.41) is 0. The molecule has 1 unspecified atom stereocenters. The van der Waals surface area contributed by atoms with Crippen molar-refractivity contribution in [1.29, 1.82) is 0 Å². The molecule has 0 bridgehead atoms. The van der Waals surface area contributed by atoms with Crippen molar-refractivity contribution in [2.45, 2.75) is 46.6 Å². The van der Waals surface area contributed by atoms with Crippen LogP contribution < -0.4 is 0 Å². The summed E-state index contributed by atoms with van der Waals surface area (Å²) in [7, 11) is 0. The van der Waals surface area contributed by atoms with Crippen LogP contribution in [0.1, 0.15) is 50.9 Å². The molecule has 0 aliphatic heterocycles. The van der Waals surface area contributed by atoms with Crippen LogP contribution in [0.2, 0.25) is 0 Å². The lowest BCUT2D eigenvalue weighted by molar-refractivity contribution is 0.0819. The fraction of sp³-hybridized carbons (Fsp3) is 0.588. The molecule has 0 aliphatic rings. The van der Waals surface area contributed by atoms with Crippen LogP contribution in [0.3, 0.4) is 0 Å². The molecular weight excluding hydrogens is 234 g/mol. The monoisotopic (exact) mass is 261 g/mol. The Morgan fingerprint density at radius 2 is 1.68 bits per heavy atom. The van der Waals surface area contributed by atoms with Crippen molar-refractivity contribution in [3.8, 4) is 0 Å². The minimum atomic E-state index is -0.0343. The van der Waals surface area contributed by atoms with E-state index >= 15 is 0 Å². The van der Waals surface area contributed by atoms with Gasteiger partial charge in [0.15, 0.2) is 5.78 Å². The maximum atomic E-state index is 12.5. The van der Waals surface area contributed by atoms with Crippen LogP contribution in [0.4, 0.5) is 0 Å². The molecule has 19 heavy (non-hydrogen) atoms. The summed E-state index contributed by atoms with van der Waals surface area (Å²) in [4.78, 5) is 14.8. The highest BCUT2D eigenvalue weighted by Gasteiger charge is 2.22. The normalized spacial score (nSPS) is 12.9. The Kier molecular flexibility index (Phi) is 6.79. The third-order valence-corrected chi connectivity index (χ3v) is 4.04. The highest BCUT2D eigenvalue weighted by atomic mass is 16.1. The number of nitrogens with zero attached hydrogens (tertiary/aromatic N) is 1. The predicted octanol–water partition coefficient (Wildman–Crippen LogP) is 4.02. The molecule has 1 rings (SSSR count). The molecule has 1 atom stereocenters. The smallest absolute Gasteiger partial charge is 0.179 e. The molecule has 106 valence electrons. The number of hydrogen-bond acceptors (Lipinski definition) is 2. The van der Waals surface area contributed by atoms with Gasteiger partial charge >= 0.3 is 0 Å². The molecule has 0 saturated carbocycles. The first kappa shape index (κ1) is 15.9. The van der Waals surface area contributed by atoms with Gasteiger partial charge in [0.25, 0.3) is 0 Å². The number of rotatable bonds is 8. The largest absolute Gasteiger partial charge is 0.294 e. The van der Waals surface area contributed by atoms with E-state index in [4.69, 9.17) is 0 Å². The highest BCUT2D eigenvalue weighted by Crippen LogP contribution is 2.15. The van der Waals surface area contributed by atoms with Crippen LogP contribution in [0, 0.1) is 5.92 Å². The second kappa shape index (κ2) is 8.11. The Labute approximate surface area is 117 Å². The summed E-state index contributed by atoms with van der Waals surface area (Å²) in [6.07, 6.45) is 2.36. The van der Waals surface area contributed by atoms with Crippen LogP contribution in [0.5, 0.6) is 0 Å². The molecule has 0 N–H and O–H groups in total. The molecule has 0 heterocycles. The minimum absolute atomic E-state index is 0.0343. The zero-order valence-corrected chi connectivity index (χ0v) is 12.7. The fourth-order valence-corrected chi connectivity index (χ4v) is 2.45. The first-order chi connectivity index (χ1) is 9.13. The highest BCUT2D eigenvalue weighted by molar-refractivity contribution is 5.99. The fourth-order valence-electron chi connectivity index (χ4n) is 2.45. The second-order valence-corrected chi connectivity index (χ2v) is 5.18. The Morgan fingerprint density at radius 3 is 2.16 bits per heavy atom. The van der Waals surface area contributed by atoms with E-state index in [9.17, 15) is 4.79 Å². The number of hydrogen-bond donors (Lipinski definition) is 0. The molecule has 0 aliphatic carbocycles. The quantitative estimate of drug-likeness (QED) is 0.659. The zero-order chi connectivity index (χ0) is 14.3. The van der Waals surface area contributed by atoms with Crippen LogP contribution in [-0.4, -0.2) is 29.8 Å². The lowest BCUT2D eigenvalue weighted by atomic mass is 9.99. The molecule has 0 fully saturated rings. The molecule has 2 heteroatoms. The van der Waals surface area contributed by atoms with E-state index in [1.807, 2.05) is 37.3 Å². The van der Waals surface area contributed by atoms with Gasteiger partial charge in [0.1, 0.15) is 0 Å². The Balaban J connectivity index is 2.73. The van der Waals surface area contributed by atoms with E-state index in [1.165, 1.54) is 12.8 Å². The van der Waals surface area contributed by atoms with Gasteiger partial charge in [-0.2, -0.15) is 0 Å². The number of ketones is 1. The van der Waals surface area contributed by atoms with E-state index in [0.29, 0.717) is 5.92 Å². The number of carbonyl (C=O) groups excluding carboxylic acids is 1. The first-order valence-corrected chi connectivity index (χ1v) is 7.47. The van der Waals surface area contributed by atoms with E-state index < -0.39 is 0 Å². The van der Waals surface area contributed by atoms with Crippen molar-refractivity contribution in [3.05, 3.63) is 35.9 Å². The summed E-state index contributed by atoms with van der Waals surface area (Å²) < 4.78 is 0. The topological polar surface area (TPSA) is 20.3 Å². The van der Waals surface area contributed by atoms with Crippen molar-refractivity contribution in [2.75, 3.05) is 13.1 Å². The van der Waals surface area contributed by atoms with Gasteiger partial charge in [-0.1, -0.05) is 63.9 Å². The van der Waals surface area contributed by atoms with Crippen molar-refractivity contribution < 1.29 is 4.79 Å². The van der Waals surface area contributed by atoms with Gasteiger partial charge < -0.3 is 0 Å². The van der Waals surface area contributed by atoms with E-state index in [2.05, 4.69) is 25.7 Å². The summed E-state index contributed by atoms with van der Waals surface area (Å²) in [5.74, 6) is 0.916. The van der Waals surface area contributed by atoms with Crippen molar-refractivity contribution in [1.82, 2.24) is 4.90 Å². The number of likely N-dealkylation sites (N-methyl/N-ethyl adjacent to an activating group) is 1. The molecule has 2 nitrogen and oxygen atoms in total. The Hall–Kier alpha value is -1.15. The second-order valence-electron chi connectivity index (χ2n) is 5.18. The van der Waals surface area contributed by atoms with Crippen molar-refractivity contribution >= 4 is 5.78 Å². The number of Topliss-reactive ketones (excluding diaryl/α,β-unsaturated/α-hetero) is 1. The number of carbonyl (C=O) groups is 1. The Morgan fingerprint density at radius 1 is 1.11 bits per heavy atom. The lowest BCUT2D eigenvalue weighted by Gasteiger charge is -2.30. The van der Waals surface area contributed by atoms with Crippen LogP contribution >= 0.6 is 0 Å². The van der Waals surface area contributed by atoms with E-state index in [0.717, 1.165) is 18.7 Å². The summed E-state index contributed by atoms with van der Waals surface area (Å²) in [6.45, 7) is 10.6. The van der Waals surface area contributed by atoms with Gasteiger partial charge in [0.05, 0.1) is 6.04 Å². The summed E-state index contributed by atoms with van der Waals surface area (Å²) in [5.41, 5.74) is 0.818. The van der Waals surface area contributed by atoms with E-state index in [1.54, 1.807) is 0 Å². The molecule has 0 aromatic heterocycles. The molecule has 0 radical (unpaired) electrons. The predicted molar refractivity (Wildman–Crippen MR) is 81.6 cm³/mol. The van der Waals surface area contributed by atoms with Gasteiger partial charge in [-0.15, -0.1) is 0 Å². The summed E-state index contributed by atoms with van der Waals surface area (Å²) in [6, 6.07) is 9.58. The van der Waals surface area contributed by atoms with Gasteiger partial charge in [0.2, 0.25) is 0 Å². The zero-order valence-electron chi connectivity index (χ0n) is 12.7. The molecule has 0 saturated heterocycles. The maximum Gasteiger partial charge on any atom is 0.179 e. The van der Waals surface area contributed by atoms with E-state index in [-0.39, 0.29) is 11.8 Å². The van der Waals surface area contributed by atoms with Gasteiger partial charge in [-0.25, -0.2) is 0 Å². The Bertz CT molecular complexity index is 370. The molecule has 0 amide bonds. The summed E-state index contributed by atoms with van der Waals surface area (Å²) >= 11 is 0. The lowest BCUT2D eigenvalue weighted by Crippen LogP contribution is -2.41. The molecule has 0 spiro atoms. The van der Waals surface area contributed by atoms with Gasteiger partial charge in [-0.3, -0.25) is 9.69 Å². The molecule has 1 aromatic carbocycles. The van der Waals surface area contributed by atoms with Crippen molar-refractivity contribution in [3.63, 3.8) is 0 Å². The third kappa shape index (κ3) is 4.46. The van der Waals surface area contributed by atoms with Crippen LogP contribution in [-0.2, 0) is 0 Å².